The Balaban J connectivity index is 1.81. The fourth-order valence-electron chi connectivity index (χ4n) is 3.63. The molecule has 0 aromatic heterocycles. The SMILES string of the molecule is Cc1cccc(CC2(C3CC3)CCCCCN2)c1. The molecule has 1 aromatic rings. The third-order valence-electron chi connectivity index (χ3n) is 4.74. The highest BCUT2D eigenvalue weighted by Gasteiger charge is 2.44. The fourth-order valence-corrected chi connectivity index (χ4v) is 3.63. The van der Waals surface area contributed by atoms with Crippen LogP contribution in [0.3, 0.4) is 0 Å². The average Bonchev–Trinajstić information content (AvgIpc) is 3.16. The summed E-state index contributed by atoms with van der Waals surface area (Å²) in [5.74, 6) is 0.941. The molecule has 1 nitrogen and oxygen atoms in total. The molecule has 98 valence electrons. The first-order chi connectivity index (χ1) is 8.78. The van der Waals surface area contributed by atoms with Gasteiger partial charge in [-0.15, -0.1) is 0 Å². The lowest BCUT2D eigenvalue weighted by Crippen LogP contribution is -2.48. The minimum atomic E-state index is 0.421. The molecular formula is C17H25N. The van der Waals surface area contributed by atoms with Crippen LogP contribution in [0.25, 0.3) is 0 Å². The second-order valence-electron chi connectivity index (χ2n) is 6.33. The van der Waals surface area contributed by atoms with E-state index in [1.54, 1.807) is 0 Å². The van der Waals surface area contributed by atoms with Crippen molar-refractivity contribution < 1.29 is 0 Å². The molecule has 1 aliphatic carbocycles. The molecule has 0 bridgehead atoms. The predicted molar refractivity (Wildman–Crippen MR) is 76.8 cm³/mol. The largest absolute Gasteiger partial charge is 0.311 e. The van der Waals surface area contributed by atoms with E-state index in [0.29, 0.717) is 5.54 Å². The molecule has 1 unspecified atom stereocenters. The van der Waals surface area contributed by atoms with Crippen LogP contribution in [0.15, 0.2) is 24.3 Å². The smallest absolute Gasteiger partial charge is 0.0249 e. The number of nitrogens with one attached hydrogen (secondary N) is 1. The fraction of sp³-hybridized carbons (Fsp3) is 0.647. The number of aryl methyl sites for hydroxylation is 1. The molecule has 1 N–H and O–H groups in total. The zero-order valence-corrected chi connectivity index (χ0v) is 11.5. The summed E-state index contributed by atoms with van der Waals surface area (Å²) >= 11 is 0. The maximum absolute atomic E-state index is 3.92. The van der Waals surface area contributed by atoms with Crippen LogP contribution in [-0.4, -0.2) is 12.1 Å². The van der Waals surface area contributed by atoms with Crippen molar-refractivity contribution in [3.05, 3.63) is 35.4 Å². The van der Waals surface area contributed by atoms with Crippen LogP contribution in [0, 0.1) is 12.8 Å². The first-order valence-corrected chi connectivity index (χ1v) is 7.59. The molecule has 3 rings (SSSR count). The van der Waals surface area contributed by atoms with Crippen molar-refractivity contribution in [1.82, 2.24) is 5.32 Å². The van der Waals surface area contributed by atoms with Crippen LogP contribution in [0.4, 0.5) is 0 Å². The van der Waals surface area contributed by atoms with Crippen molar-refractivity contribution in [1.29, 1.82) is 0 Å². The number of benzene rings is 1. The van der Waals surface area contributed by atoms with E-state index in [9.17, 15) is 0 Å². The van der Waals surface area contributed by atoms with E-state index in [0.717, 1.165) is 5.92 Å². The van der Waals surface area contributed by atoms with Gasteiger partial charge >= 0.3 is 0 Å². The first-order valence-electron chi connectivity index (χ1n) is 7.59. The summed E-state index contributed by atoms with van der Waals surface area (Å²) in [5.41, 5.74) is 3.34. The first kappa shape index (κ1) is 12.2. The molecule has 1 saturated carbocycles. The molecule has 1 heterocycles. The molecule has 1 aromatic carbocycles. The van der Waals surface area contributed by atoms with E-state index < -0.39 is 0 Å². The van der Waals surface area contributed by atoms with Gasteiger partial charge in [-0.2, -0.15) is 0 Å². The molecule has 2 aliphatic rings. The Labute approximate surface area is 111 Å². The van der Waals surface area contributed by atoms with Gasteiger partial charge in [0.1, 0.15) is 0 Å². The Morgan fingerprint density at radius 3 is 2.89 bits per heavy atom. The second kappa shape index (κ2) is 5.05. The molecule has 1 atom stereocenters. The molecule has 1 aliphatic heterocycles. The molecule has 0 radical (unpaired) electrons. The summed E-state index contributed by atoms with van der Waals surface area (Å²) in [7, 11) is 0. The van der Waals surface area contributed by atoms with Gasteiger partial charge in [0.05, 0.1) is 0 Å². The molecule has 18 heavy (non-hydrogen) atoms. The summed E-state index contributed by atoms with van der Waals surface area (Å²) in [6.45, 7) is 3.43. The van der Waals surface area contributed by atoms with E-state index in [1.807, 2.05) is 0 Å². The molecule has 0 amide bonds. The Hall–Kier alpha value is -0.820. The van der Waals surface area contributed by atoms with Gasteiger partial charge in [0.2, 0.25) is 0 Å². The predicted octanol–water partition coefficient (Wildman–Crippen LogP) is 3.85. The van der Waals surface area contributed by atoms with Crippen molar-refractivity contribution in [2.45, 2.75) is 57.4 Å². The lowest BCUT2D eigenvalue weighted by atomic mass is 9.82. The zero-order valence-electron chi connectivity index (χ0n) is 11.5. The van der Waals surface area contributed by atoms with Gasteiger partial charge in [0.15, 0.2) is 0 Å². The Kier molecular flexibility index (Phi) is 3.43. The minimum absolute atomic E-state index is 0.421. The summed E-state index contributed by atoms with van der Waals surface area (Å²) < 4.78 is 0. The van der Waals surface area contributed by atoms with Crippen molar-refractivity contribution in [3.8, 4) is 0 Å². The molecule has 2 fully saturated rings. The van der Waals surface area contributed by atoms with Crippen molar-refractivity contribution in [2.75, 3.05) is 6.54 Å². The van der Waals surface area contributed by atoms with Crippen LogP contribution in [0.5, 0.6) is 0 Å². The highest BCUT2D eigenvalue weighted by atomic mass is 15.0. The Morgan fingerprint density at radius 2 is 2.11 bits per heavy atom. The minimum Gasteiger partial charge on any atom is -0.311 e. The van der Waals surface area contributed by atoms with Gasteiger partial charge < -0.3 is 5.32 Å². The standard InChI is InChI=1S/C17H25N/c1-14-6-5-7-15(12-14)13-17(16-8-9-16)10-3-2-4-11-18-17/h5-7,12,16,18H,2-4,8-11,13H2,1H3. The van der Waals surface area contributed by atoms with Gasteiger partial charge in [0, 0.05) is 5.54 Å². The zero-order chi connectivity index (χ0) is 12.4. The van der Waals surface area contributed by atoms with Crippen molar-refractivity contribution in [2.24, 2.45) is 5.92 Å². The Bertz CT molecular complexity index is 398. The monoisotopic (exact) mass is 243 g/mol. The summed E-state index contributed by atoms with van der Waals surface area (Å²) in [5, 5.41) is 3.92. The third kappa shape index (κ3) is 2.61. The summed E-state index contributed by atoms with van der Waals surface area (Å²) in [6.07, 6.45) is 9.69. The number of rotatable bonds is 3. The normalized spacial score (nSPS) is 28.9. The van der Waals surface area contributed by atoms with Crippen LogP contribution >= 0.6 is 0 Å². The average molecular weight is 243 g/mol. The molecule has 0 spiro atoms. The van der Waals surface area contributed by atoms with E-state index >= 15 is 0 Å². The van der Waals surface area contributed by atoms with Gasteiger partial charge in [-0.05, 0) is 57.1 Å². The highest BCUT2D eigenvalue weighted by Crippen LogP contribution is 2.45. The van der Waals surface area contributed by atoms with Crippen LogP contribution in [0.1, 0.15) is 49.7 Å². The van der Waals surface area contributed by atoms with Gasteiger partial charge in [-0.1, -0.05) is 42.7 Å². The number of hydrogen-bond donors (Lipinski definition) is 1. The van der Waals surface area contributed by atoms with E-state index in [4.69, 9.17) is 0 Å². The summed E-state index contributed by atoms with van der Waals surface area (Å²) in [6, 6.07) is 9.09. The third-order valence-corrected chi connectivity index (χ3v) is 4.74. The van der Waals surface area contributed by atoms with Gasteiger partial charge in [0.25, 0.3) is 0 Å². The van der Waals surface area contributed by atoms with E-state index in [2.05, 4.69) is 36.5 Å². The van der Waals surface area contributed by atoms with E-state index in [1.165, 1.54) is 62.6 Å². The van der Waals surface area contributed by atoms with Crippen LogP contribution in [-0.2, 0) is 6.42 Å². The maximum Gasteiger partial charge on any atom is 0.0249 e. The molecule has 1 saturated heterocycles. The summed E-state index contributed by atoms with van der Waals surface area (Å²) in [4.78, 5) is 0. The maximum atomic E-state index is 3.92. The number of hydrogen-bond acceptors (Lipinski definition) is 1. The molecule has 1 heteroatoms. The lowest BCUT2D eigenvalue weighted by molar-refractivity contribution is 0.271. The highest BCUT2D eigenvalue weighted by molar-refractivity contribution is 5.25. The Morgan fingerprint density at radius 1 is 1.22 bits per heavy atom. The van der Waals surface area contributed by atoms with Gasteiger partial charge in [-0.25, -0.2) is 0 Å². The quantitative estimate of drug-likeness (QED) is 0.850. The van der Waals surface area contributed by atoms with E-state index in [-0.39, 0.29) is 0 Å². The van der Waals surface area contributed by atoms with Crippen LogP contribution < -0.4 is 5.32 Å². The van der Waals surface area contributed by atoms with Gasteiger partial charge in [-0.3, -0.25) is 0 Å². The van der Waals surface area contributed by atoms with Crippen LogP contribution in [0.2, 0.25) is 0 Å². The van der Waals surface area contributed by atoms with Crippen molar-refractivity contribution >= 4 is 0 Å². The topological polar surface area (TPSA) is 12.0 Å². The second-order valence-corrected chi connectivity index (χ2v) is 6.33. The molecular weight excluding hydrogens is 218 g/mol. The van der Waals surface area contributed by atoms with Crippen molar-refractivity contribution in [3.63, 3.8) is 0 Å². The lowest BCUT2D eigenvalue weighted by Gasteiger charge is -2.34.